The summed E-state index contributed by atoms with van der Waals surface area (Å²) < 4.78 is 12.6. The Morgan fingerprint density at radius 2 is 1.56 bits per heavy atom. The lowest BCUT2D eigenvalue weighted by molar-refractivity contribution is -0.135. The van der Waals surface area contributed by atoms with Gasteiger partial charge in [0.1, 0.15) is 13.3 Å². The average molecular weight is 372 g/mol. The van der Waals surface area contributed by atoms with Crippen molar-refractivity contribution in [3.05, 3.63) is 59.7 Å². The standard InChI is InChI=1S/C20H21FN2O4/c1-22-19(26)18(17(25)12-24)23(2)20(27)16-9-7-15(8-10-16)14-5-3-13(11-21)4-6-14/h3-10,18,24H,11-12H2,1-2H3,(H,22,26). The number of carbonyl (C=O) groups excluding carboxylic acids is 3. The SMILES string of the molecule is CNC(=O)C(C(=O)CO)N(C)C(=O)c1ccc(-c2ccc(CF)cc2)cc1. The summed E-state index contributed by atoms with van der Waals surface area (Å²) in [6.45, 7) is -1.37. The smallest absolute Gasteiger partial charge is 0.254 e. The summed E-state index contributed by atoms with van der Waals surface area (Å²) in [6, 6.07) is 12.2. The van der Waals surface area contributed by atoms with Crippen molar-refractivity contribution in [1.29, 1.82) is 0 Å². The van der Waals surface area contributed by atoms with Gasteiger partial charge in [-0.25, -0.2) is 4.39 Å². The largest absolute Gasteiger partial charge is 0.388 e. The molecule has 6 nitrogen and oxygen atoms in total. The number of aliphatic hydroxyl groups is 1. The first-order valence-corrected chi connectivity index (χ1v) is 8.30. The molecule has 0 aromatic heterocycles. The Morgan fingerprint density at radius 1 is 1.04 bits per heavy atom. The summed E-state index contributed by atoms with van der Waals surface area (Å²) in [4.78, 5) is 37.4. The maximum atomic E-state index is 12.6. The van der Waals surface area contributed by atoms with Crippen molar-refractivity contribution < 1.29 is 23.9 Å². The number of Topliss-reactive ketones (excluding diaryl/α,β-unsaturated/α-hetero) is 1. The average Bonchev–Trinajstić information content (AvgIpc) is 2.73. The third-order valence-electron chi connectivity index (χ3n) is 4.24. The molecule has 0 fully saturated rings. The van der Waals surface area contributed by atoms with Crippen LogP contribution in [0.3, 0.4) is 0 Å². The van der Waals surface area contributed by atoms with Gasteiger partial charge in [0.2, 0.25) is 5.91 Å². The summed E-state index contributed by atoms with van der Waals surface area (Å²) >= 11 is 0. The van der Waals surface area contributed by atoms with Gasteiger partial charge in [0, 0.05) is 19.7 Å². The van der Waals surface area contributed by atoms with Crippen molar-refractivity contribution in [3.8, 4) is 11.1 Å². The van der Waals surface area contributed by atoms with Crippen molar-refractivity contribution in [2.45, 2.75) is 12.7 Å². The minimum atomic E-state index is -1.40. The third-order valence-corrected chi connectivity index (χ3v) is 4.24. The first-order valence-electron chi connectivity index (χ1n) is 8.30. The molecule has 0 aliphatic rings. The van der Waals surface area contributed by atoms with Crippen molar-refractivity contribution in [2.24, 2.45) is 0 Å². The number of likely N-dealkylation sites (N-methyl/N-ethyl adjacent to an activating group) is 2. The van der Waals surface area contributed by atoms with Crippen molar-refractivity contribution in [3.63, 3.8) is 0 Å². The van der Waals surface area contributed by atoms with E-state index in [0.717, 1.165) is 16.0 Å². The molecule has 0 saturated heterocycles. The van der Waals surface area contributed by atoms with E-state index in [1.165, 1.54) is 14.1 Å². The molecule has 142 valence electrons. The lowest BCUT2D eigenvalue weighted by Gasteiger charge is -2.25. The minimum Gasteiger partial charge on any atom is -0.388 e. The van der Waals surface area contributed by atoms with E-state index < -0.39 is 36.9 Å². The Kier molecular flexibility index (Phi) is 6.79. The van der Waals surface area contributed by atoms with E-state index in [2.05, 4.69) is 5.32 Å². The summed E-state index contributed by atoms with van der Waals surface area (Å²) in [5.41, 5.74) is 2.59. The Labute approximate surface area is 156 Å². The molecule has 27 heavy (non-hydrogen) atoms. The monoisotopic (exact) mass is 372 g/mol. The lowest BCUT2D eigenvalue weighted by Crippen LogP contribution is -2.52. The van der Waals surface area contributed by atoms with Crippen LogP contribution in [0.1, 0.15) is 15.9 Å². The highest BCUT2D eigenvalue weighted by atomic mass is 19.1. The van der Waals surface area contributed by atoms with E-state index in [9.17, 15) is 18.8 Å². The third kappa shape index (κ3) is 4.57. The van der Waals surface area contributed by atoms with E-state index in [1.54, 1.807) is 48.5 Å². The second kappa shape index (κ2) is 9.05. The van der Waals surface area contributed by atoms with Crippen LogP contribution >= 0.6 is 0 Å². The molecule has 1 atom stereocenters. The van der Waals surface area contributed by atoms with E-state index >= 15 is 0 Å². The predicted octanol–water partition coefficient (Wildman–Crippen LogP) is 1.57. The fourth-order valence-corrected chi connectivity index (χ4v) is 2.67. The Balaban J connectivity index is 2.22. The first kappa shape index (κ1) is 20.3. The normalized spacial score (nSPS) is 11.6. The number of alkyl halides is 1. The highest BCUT2D eigenvalue weighted by Crippen LogP contribution is 2.21. The maximum Gasteiger partial charge on any atom is 0.254 e. The van der Waals surface area contributed by atoms with Gasteiger partial charge in [0.05, 0.1) is 0 Å². The summed E-state index contributed by atoms with van der Waals surface area (Å²) in [6.07, 6.45) is 0. The lowest BCUT2D eigenvalue weighted by atomic mass is 10.0. The topological polar surface area (TPSA) is 86.7 Å². The van der Waals surface area contributed by atoms with Crippen LogP contribution in [-0.4, -0.2) is 54.3 Å². The zero-order valence-corrected chi connectivity index (χ0v) is 15.1. The Morgan fingerprint density at radius 3 is 2.00 bits per heavy atom. The number of benzene rings is 2. The van der Waals surface area contributed by atoms with Crippen LogP contribution in [0.15, 0.2) is 48.5 Å². The van der Waals surface area contributed by atoms with Crippen LogP contribution in [0.25, 0.3) is 11.1 Å². The van der Waals surface area contributed by atoms with E-state index in [-0.39, 0.29) is 0 Å². The molecular formula is C20H21FN2O4. The number of nitrogens with zero attached hydrogens (tertiary/aromatic N) is 1. The van der Waals surface area contributed by atoms with Crippen LogP contribution in [0.2, 0.25) is 0 Å². The minimum absolute atomic E-state index is 0.293. The van der Waals surface area contributed by atoms with Crippen LogP contribution in [-0.2, 0) is 16.3 Å². The summed E-state index contributed by atoms with van der Waals surface area (Å²) in [7, 11) is 2.68. The molecule has 0 heterocycles. The van der Waals surface area contributed by atoms with E-state index in [1.807, 2.05) is 0 Å². The second-order valence-electron chi connectivity index (χ2n) is 5.97. The quantitative estimate of drug-likeness (QED) is 0.723. The molecule has 0 bridgehead atoms. The molecule has 2 aromatic rings. The maximum absolute atomic E-state index is 12.6. The van der Waals surface area contributed by atoms with Gasteiger partial charge in [0.15, 0.2) is 11.8 Å². The number of hydrogen-bond acceptors (Lipinski definition) is 4. The van der Waals surface area contributed by atoms with Gasteiger partial charge < -0.3 is 15.3 Å². The molecule has 7 heteroatoms. The zero-order valence-electron chi connectivity index (χ0n) is 15.1. The number of nitrogens with one attached hydrogen (secondary N) is 1. The van der Waals surface area contributed by atoms with Gasteiger partial charge in [-0.15, -0.1) is 0 Å². The summed E-state index contributed by atoms with van der Waals surface area (Å²) in [5, 5.41) is 11.4. The van der Waals surface area contributed by atoms with Gasteiger partial charge in [-0.1, -0.05) is 36.4 Å². The van der Waals surface area contributed by atoms with Gasteiger partial charge >= 0.3 is 0 Å². The van der Waals surface area contributed by atoms with Crippen LogP contribution < -0.4 is 5.32 Å². The number of halogens is 1. The van der Waals surface area contributed by atoms with Crippen LogP contribution in [0.5, 0.6) is 0 Å². The van der Waals surface area contributed by atoms with E-state index in [0.29, 0.717) is 11.1 Å². The number of rotatable bonds is 7. The number of hydrogen-bond donors (Lipinski definition) is 2. The fourth-order valence-electron chi connectivity index (χ4n) is 2.67. The number of amides is 2. The number of carbonyl (C=O) groups is 3. The van der Waals surface area contributed by atoms with Gasteiger partial charge in [-0.05, 0) is 28.8 Å². The van der Waals surface area contributed by atoms with Gasteiger partial charge in [0.25, 0.3) is 5.91 Å². The molecule has 2 rings (SSSR count). The van der Waals surface area contributed by atoms with E-state index in [4.69, 9.17) is 5.11 Å². The predicted molar refractivity (Wildman–Crippen MR) is 98.7 cm³/mol. The van der Waals surface area contributed by atoms with Crippen molar-refractivity contribution in [2.75, 3.05) is 20.7 Å². The summed E-state index contributed by atoms with van der Waals surface area (Å²) in [5.74, 6) is -1.96. The van der Waals surface area contributed by atoms with Crippen LogP contribution in [0.4, 0.5) is 4.39 Å². The highest BCUT2D eigenvalue weighted by molar-refractivity contribution is 6.10. The molecule has 2 amide bonds. The molecule has 0 spiro atoms. The number of aliphatic hydroxyl groups excluding tert-OH is 1. The van der Waals surface area contributed by atoms with Crippen molar-refractivity contribution >= 4 is 17.6 Å². The fraction of sp³-hybridized carbons (Fsp3) is 0.250. The molecular weight excluding hydrogens is 351 g/mol. The first-order chi connectivity index (χ1) is 12.9. The Hall–Kier alpha value is -3.06. The molecule has 0 aliphatic heterocycles. The number of ketones is 1. The zero-order chi connectivity index (χ0) is 20.0. The van der Waals surface area contributed by atoms with Crippen molar-refractivity contribution in [1.82, 2.24) is 10.2 Å². The Bertz CT molecular complexity index is 803. The van der Waals surface area contributed by atoms with Gasteiger partial charge in [-0.2, -0.15) is 0 Å². The molecule has 1 unspecified atom stereocenters. The molecule has 0 saturated carbocycles. The second-order valence-corrected chi connectivity index (χ2v) is 5.97. The molecule has 0 aliphatic carbocycles. The van der Waals surface area contributed by atoms with Gasteiger partial charge in [-0.3, -0.25) is 14.4 Å². The van der Waals surface area contributed by atoms with Crippen LogP contribution in [0, 0.1) is 0 Å². The molecule has 2 N–H and O–H groups in total. The highest BCUT2D eigenvalue weighted by Gasteiger charge is 2.32. The molecule has 0 radical (unpaired) electrons. The molecule has 2 aromatic carbocycles.